The Hall–Kier alpha value is -2.02. The van der Waals surface area contributed by atoms with Gasteiger partial charge < -0.3 is 15.4 Å². The average Bonchev–Trinajstić information content (AvgIpc) is 2.57. The minimum atomic E-state index is -0.550. The van der Waals surface area contributed by atoms with Crippen LogP contribution < -0.4 is 10.6 Å². The van der Waals surface area contributed by atoms with Gasteiger partial charge in [-0.3, -0.25) is 14.4 Å². The molecule has 1 heterocycles. The molecule has 0 unspecified atom stereocenters. The van der Waals surface area contributed by atoms with Crippen molar-refractivity contribution >= 4 is 35.2 Å². The van der Waals surface area contributed by atoms with Gasteiger partial charge in [-0.15, -0.1) is 11.8 Å². The molecule has 7 heteroatoms. The number of amides is 2. The molecule has 1 aromatic carbocycles. The summed E-state index contributed by atoms with van der Waals surface area (Å²) in [6.45, 7) is 2.36. The number of carbonyl (C=O) groups is 3. The number of unbranched alkanes of at least 4 members (excludes halogenated alkanes) is 2. The molecular formula is C17H22N2O4S. The zero-order valence-corrected chi connectivity index (χ0v) is 14.5. The van der Waals surface area contributed by atoms with Crippen LogP contribution in [0.5, 0.6) is 0 Å². The summed E-state index contributed by atoms with van der Waals surface area (Å²) < 4.78 is 4.96. The first-order chi connectivity index (χ1) is 11.6. The fourth-order valence-electron chi connectivity index (χ4n) is 2.24. The second kappa shape index (κ2) is 9.32. The van der Waals surface area contributed by atoms with E-state index in [1.54, 1.807) is 0 Å². The molecule has 2 amide bonds. The molecule has 1 atom stereocenters. The SMILES string of the molecule is CCCCCNC(=O)COC(=O)C[C@@H]1Sc2ccccc2NC1=O. The lowest BCUT2D eigenvalue weighted by atomic mass is 10.2. The first kappa shape index (κ1) is 18.3. The summed E-state index contributed by atoms with van der Waals surface area (Å²) >= 11 is 1.33. The van der Waals surface area contributed by atoms with Gasteiger partial charge in [-0.05, 0) is 18.6 Å². The van der Waals surface area contributed by atoms with Gasteiger partial charge in [0.05, 0.1) is 17.4 Å². The Kier molecular flexibility index (Phi) is 7.11. The number of hydrogen-bond donors (Lipinski definition) is 2. The fourth-order valence-corrected chi connectivity index (χ4v) is 3.33. The van der Waals surface area contributed by atoms with Gasteiger partial charge in [0.15, 0.2) is 6.61 Å². The van der Waals surface area contributed by atoms with E-state index in [4.69, 9.17) is 4.74 Å². The third-order valence-electron chi connectivity index (χ3n) is 3.53. The molecule has 130 valence electrons. The molecule has 0 bridgehead atoms. The van der Waals surface area contributed by atoms with E-state index in [0.29, 0.717) is 6.54 Å². The normalized spacial score (nSPS) is 16.0. The van der Waals surface area contributed by atoms with E-state index in [1.165, 1.54) is 11.8 Å². The first-order valence-electron chi connectivity index (χ1n) is 8.09. The zero-order chi connectivity index (χ0) is 17.4. The van der Waals surface area contributed by atoms with Crippen molar-refractivity contribution in [2.45, 2.75) is 42.8 Å². The van der Waals surface area contributed by atoms with Crippen molar-refractivity contribution in [2.24, 2.45) is 0 Å². The molecule has 2 N–H and O–H groups in total. The topological polar surface area (TPSA) is 84.5 Å². The number of carbonyl (C=O) groups excluding carboxylic acids is 3. The average molecular weight is 350 g/mol. The summed E-state index contributed by atoms with van der Waals surface area (Å²) in [7, 11) is 0. The fraction of sp³-hybridized carbons (Fsp3) is 0.471. The van der Waals surface area contributed by atoms with Gasteiger partial charge in [0.1, 0.15) is 0 Å². The zero-order valence-electron chi connectivity index (χ0n) is 13.7. The van der Waals surface area contributed by atoms with Crippen LogP contribution in [0.3, 0.4) is 0 Å². The molecule has 0 aliphatic carbocycles. The van der Waals surface area contributed by atoms with Crippen molar-refractivity contribution in [3.05, 3.63) is 24.3 Å². The van der Waals surface area contributed by atoms with Gasteiger partial charge in [0.25, 0.3) is 5.91 Å². The molecule has 0 aromatic heterocycles. The van der Waals surface area contributed by atoms with E-state index in [1.807, 2.05) is 24.3 Å². The highest BCUT2D eigenvalue weighted by Crippen LogP contribution is 2.36. The van der Waals surface area contributed by atoms with Gasteiger partial charge in [-0.1, -0.05) is 31.9 Å². The molecule has 0 spiro atoms. The van der Waals surface area contributed by atoms with Crippen LogP contribution in [0, 0.1) is 0 Å². The lowest BCUT2D eigenvalue weighted by Gasteiger charge is -2.23. The van der Waals surface area contributed by atoms with Crippen LogP contribution in [0.4, 0.5) is 5.69 Å². The third-order valence-corrected chi connectivity index (χ3v) is 4.80. The van der Waals surface area contributed by atoms with Crippen LogP contribution in [-0.2, 0) is 19.1 Å². The van der Waals surface area contributed by atoms with E-state index >= 15 is 0 Å². The maximum Gasteiger partial charge on any atom is 0.307 e. The standard InChI is InChI=1S/C17H22N2O4S/c1-2-3-6-9-18-15(20)11-23-16(21)10-14-17(22)19-12-7-4-5-8-13(12)24-14/h4-5,7-8,14H,2-3,6,9-11H2,1H3,(H,18,20)(H,19,22)/t14-/m0/s1. The van der Waals surface area contributed by atoms with E-state index in [0.717, 1.165) is 29.8 Å². The van der Waals surface area contributed by atoms with Crippen LogP contribution in [0.15, 0.2) is 29.2 Å². The van der Waals surface area contributed by atoms with Gasteiger partial charge in [0, 0.05) is 11.4 Å². The molecule has 0 radical (unpaired) electrons. The quantitative estimate of drug-likeness (QED) is 0.555. The highest BCUT2D eigenvalue weighted by atomic mass is 32.2. The van der Waals surface area contributed by atoms with Crippen molar-refractivity contribution in [2.75, 3.05) is 18.5 Å². The van der Waals surface area contributed by atoms with Crippen LogP contribution in [-0.4, -0.2) is 36.2 Å². The van der Waals surface area contributed by atoms with Crippen molar-refractivity contribution in [3.63, 3.8) is 0 Å². The number of fused-ring (bicyclic) bond motifs is 1. The Balaban J connectivity index is 1.73. The lowest BCUT2D eigenvalue weighted by Crippen LogP contribution is -2.33. The number of hydrogen-bond acceptors (Lipinski definition) is 5. The second-order valence-corrected chi connectivity index (χ2v) is 6.76. The number of anilines is 1. The maximum absolute atomic E-state index is 12.0. The van der Waals surface area contributed by atoms with E-state index < -0.39 is 11.2 Å². The van der Waals surface area contributed by atoms with Gasteiger partial charge in [-0.2, -0.15) is 0 Å². The number of rotatable bonds is 8. The van der Waals surface area contributed by atoms with Crippen molar-refractivity contribution in [3.8, 4) is 0 Å². The number of nitrogens with one attached hydrogen (secondary N) is 2. The van der Waals surface area contributed by atoms with Crippen LogP contribution in [0.25, 0.3) is 0 Å². The van der Waals surface area contributed by atoms with Crippen molar-refractivity contribution < 1.29 is 19.1 Å². The van der Waals surface area contributed by atoms with E-state index in [-0.39, 0.29) is 24.8 Å². The number of esters is 1. The van der Waals surface area contributed by atoms with Crippen LogP contribution in [0.1, 0.15) is 32.6 Å². The summed E-state index contributed by atoms with van der Waals surface area (Å²) in [5.74, 6) is -1.09. The Morgan fingerprint density at radius 1 is 1.29 bits per heavy atom. The van der Waals surface area contributed by atoms with Crippen molar-refractivity contribution in [1.29, 1.82) is 0 Å². The number of ether oxygens (including phenoxy) is 1. The monoisotopic (exact) mass is 350 g/mol. The van der Waals surface area contributed by atoms with Crippen molar-refractivity contribution in [1.82, 2.24) is 5.32 Å². The Morgan fingerprint density at radius 2 is 2.08 bits per heavy atom. The molecule has 24 heavy (non-hydrogen) atoms. The molecule has 1 aromatic rings. The van der Waals surface area contributed by atoms with Gasteiger partial charge >= 0.3 is 5.97 Å². The number of para-hydroxylation sites is 1. The molecule has 0 saturated heterocycles. The Labute approximate surface area is 145 Å². The molecular weight excluding hydrogens is 328 g/mol. The smallest absolute Gasteiger partial charge is 0.307 e. The first-order valence-corrected chi connectivity index (χ1v) is 8.97. The minimum absolute atomic E-state index is 0.0616. The van der Waals surface area contributed by atoms with Gasteiger partial charge in [-0.25, -0.2) is 0 Å². The largest absolute Gasteiger partial charge is 0.456 e. The van der Waals surface area contributed by atoms with Crippen LogP contribution in [0.2, 0.25) is 0 Å². The molecule has 1 aliphatic heterocycles. The predicted octanol–water partition coefficient (Wildman–Crippen LogP) is 2.34. The van der Waals surface area contributed by atoms with Crippen LogP contribution >= 0.6 is 11.8 Å². The minimum Gasteiger partial charge on any atom is -0.456 e. The third kappa shape index (κ3) is 5.56. The van der Waals surface area contributed by atoms with E-state index in [2.05, 4.69) is 17.6 Å². The highest BCUT2D eigenvalue weighted by molar-refractivity contribution is 8.01. The van der Waals surface area contributed by atoms with Gasteiger partial charge in [0.2, 0.25) is 5.91 Å². The summed E-state index contributed by atoms with van der Waals surface area (Å²) in [6.07, 6.45) is 2.98. The lowest BCUT2D eigenvalue weighted by molar-refractivity contribution is -0.149. The summed E-state index contributed by atoms with van der Waals surface area (Å²) in [4.78, 5) is 36.3. The summed E-state index contributed by atoms with van der Waals surface area (Å²) in [5, 5.41) is 4.93. The molecule has 2 rings (SSSR count). The number of thioether (sulfide) groups is 1. The predicted molar refractivity (Wildman–Crippen MR) is 92.8 cm³/mol. The van der Waals surface area contributed by atoms with E-state index in [9.17, 15) is 14.4 Å². The second-order valence-electron chi connectivity index (χ2n) is 5.51. The highest BCUT2D eigenvalue weighted by Gasteiger charge is 2.29. The Morgan fingerprint density at radius 3 is 2.88 bits per heavy atom. The molecule has 6 nitrogen and oxygen atoms in total. The summed E-state index contributed by atoms with van der Waals surface area (Å²) in [5.41, 5.74) is 0.753. The molecule has 0 fully saturated rings. The maximum atomic E-state index is 12.0. The molecule has 0 saturated carbocycles. The Bertz CT molecular complexity index is 606. The number of benzene rings is 1. The molecule has 1 aliphatic rings. The summed E-state index contributed by atoms with van der Waals surface area (Å²) in [6, 6.07) is 7.42.